The fourth-order valence-corrected chi connectivity index (χ4v) is 1.93. The lowest BCUT2D eigenvalue weighted by molar-refractivity contribution is 0.103. The molecule has 3 rings (SSSR count). The Balaban J connectivity index is 1.68. The molecule has 0 spiro atoms. The molecule has 21 heavy (non-hydrogen) atoms. The van der Waals surface area contributed by atoms with Crippen LogP contribution in [0, 0.1) is 0 Å². The minimum absolute atomic E-state index is 0.00125. The molecule has 0 unspecified atom stereocenters. The Morgan fingerprint density at radius 2 is 1.67 bits per heavy atom. The molecule has 3 aromatic rings. The maximum Gasteiger partial charge on any atom is 0.193 e. The molecule has 104 valence electrons. The lowest BCUT2D eigenvalue weighted by atomic mass is 10.0. The van der Waals surface area contributed by atoms with Gasteiger partial charge in [0.05, 0.1) is 0 Å². The molecule has 1 aromatic heterocycles. The SMILES string of the molecule is O=C(c1ccccc1)c1ccc(OCc2ccon2)cc1. The number of ketones is 1. The highest BCUT2D eigenvalue weighted by molar-refractivity contribution is 6.08. The van der Waals surface area contributed by atoms with Gasteiger partial charge in [-0.15, -0.1) is 0 Å². The third-order valence-electron chi connectivity index (χ3n) is 3.03. The minimum Gasteiger partial charge on any atom is -0.487 e. The summed E-state index contributed by atoms with van der Waals surface area (Å²) in [5.74, 6) is 0.682. The highest BCUT2D eigenvalue weighted by Crippen LogP contribution is 2.16. The number of aromatic nitrogens is 1. The van der Waals surface area contributed by atoms with E-state index >= 15 is 0 Å². The third kappa shape index (κ3) is 3.17. The molecule has 1 heterocycles. The maximum absolute atomic E-state index is 12.2. The van der Waals surface area contributed by atoms with Crippen LogP contribution < -0.4 is 4.74 Å². The lowest BCUT2D eigenvalue weighted by Gasteiger charge is -2.05. The molecule has 0 saturated carbocycles. The van der Waals surface area contributed by atoms with Crippen molar-refractivity contribution in [2.24, 2.45) is 0 Å². The Kier molecular flexibility index (Phi) is 3.78. The van der Waals surface area contributed by atoms with Crippen LogP contribution in [0.2, 0.25) is 0 Å². The van der Waals surface area contributed by atoms with Crippen LogP contribution in [0.1, 0.15) is 21.6 Å². The Hall–Kier alpha value is -2.88. The zero-order valence-electron chi connectivity index (χ0n) is 11.2. The normalized spacial score (nSPS) is 10.3. The summed E-state index contributed by atoms with van der Waals surface area (Å²) in [4.78, 5) is 12.2. The number of carbonyl (C=O) groups is 1. The second kappa shape index (κ2) is 6.05. The van der Waals surface area contributed by atoms with Crippen LogP contribution in [-0.2, 0) is 6.61 Å². The Labute approximate surface area is 122 Å². The minimum atomic E-state index is -0.00125. The van der Waals surface area contributed by atoms with Crippen molar-refractivity contribution in [3.63, 3.8) is 0 Å². The number of nitrogens with zero attached hydrogens (tertiary/aromatic N) is 1. The number of benzene rings is 2. The zero-order valence-corrected chi connectivity index (χ0v) is 11.2. The number of rotatable bonds is 5. The number of carbonyl (C=O) groups excluding carboxylic acids is 1. The van der Waals surface area contributed by atoms with E-state index in [0.717, 1.165) is 5.69 Å². The van der Waals surface area contributed by atoms with Crippen LogP contribution in [-0.4, -0.2) is 10.9 Å². The van der Waals surface area contributed by atoms with Gasteiger partial charge in [-0.3, -0.25) is 4.79 Å². The van der Waals surface area contributed by atoms with E-state index in [2.05, 4.69) is 5.16 Å². The van der Waals surface area contributed by atoms with Crippen molar-refractivity contribution >= 4 is 5.78 Å². The molecule has 4 heteroatoms. The van der Waals surface area contributed by atoms with Crippen LogP contribution in [0.15, 0.2) is 71.4 Å². The summed E-state index contributed by atoms with van der Waals surface area (Å²) in [6.45, 7) is 0.336. The van der Waals surface area contributed by atoms with Gasteiger partial charge in [0, 0.05) is 17.2 Å². The fourth-order valence-electron chi connectivity index (χ4n) is 1.93. The van der Waals surface area contributed by atoms with Gasteiger partial charge in [0.1, 0.15) is 24.3 Å². The Bertz CT molecular complexity index is 704. The maximum atomic E-state index is 12.2. The quantitative estimate of drug-likeness (QED) is 0.671. The number of ether oxygens (including phenoxy) is 1. The molecular weight excluding hydrogens is 266 g/mol. The topological polar surface area (TPSA) is 52.3 Å². The van der Waals surface area contributed by atoms with Gasteiger partial charge in [0.25, 0.3) is 0 Å². The number of hydrogen-bond acceptors (Lipinski definition) is 4. The van der Waals surface area contributed by atoms with Crippen LogP contribution in [0.25, 0.3) is 0 Å². The van der Waals surface area contributed by atoms with Crippen molar-refractivity contribution in [1.29, 1.82) is 0 Å². The van der Waals surface area contributed by atoms with Crippen LogP contribution in [0.5, 0.6) is 5.75 Å². The Morgan fingerprint density at radius 1 is 0.952 bits per heavy atom. The van der Waals surface area contributed by atoms with Crippen molar-refractivity contribution in [3.8, 4) is 5.75 Å². The first-order valence-electron chi connectivity index (χ1n) is 6.55. The average Bonchev–Trinajstić information content (AvgIpc) is 3.07. The molecule has 4 nitrogen and oxygen atoms in total. The van der Waals surface area contributed by atoms with E-state index in [1.54, 1.807) is 42.5 Å². The second-order valence-corrected chi connectivity index (χ2v) is 4.50. The summed E-state index contributed by atoms with van der Waals surface area (Å²) in [5.41, 5.74) is 2.03. The molecule has 0 bridgehead atoms. The molecule has 0 N–H and O–H groups in total. The third-order valence-corrected chi connectivity index (χ3v) is 3.03. The van der Waals surface area contributed by atoms with Crippen molar-refractivity contribution in [3.05, 3.63) is 83.7 Å². The fraction of sp³-hybridized carbons (Fsp3) is 0.0588. The second-order valence-electron chi connectivity index (χ2n) is 4.50. The van der Waals surface area contributed by atoms with Crippen molar-refractivity contribution in [1.82, 2.24) is 5.16 Å². The predicted octanol–water partition coefficient (Wildman–Crippen LogP) is 3.48. The molecule has 2 aromatic carbocycles. The molecule has 0 saturated heterocycles. The summed E-state index contributed by atoms with van der Waals surface area (Å²) in [6, 6.07) is 18.0. The summed E-state index contributed by atoms with van der Waals surface area (Å²) >= 11 is 0. The van der Waals surface area contributed by atoms with E-state index in [-0.39, 0.29) is 5.78 Å². The predicted molar refractivity (Wildman–Crippen MR) is 77.2 cm³/mol. The van der Waals surface area contributed by atoms with Gasteiger partial charge in [0.15, 0.2) is 5.78 Å². The molecule has 0 aliphatic heterocycles. The monoisotopic (exact) mass is 279 g/mol. The zero-order chi connectivity index (χ0) is 14.5. The number of hydrogen-bond donors (Lipinski definition) is 0. The van der Waals surface area contributed by atoms with Crippen molar-refractivity contribution < 1.29 is 14.1 Å². The molecule has 0 radical (unpaired) electrons. The lowest BCUT2D eigenvalue weighted by Crippen LogP contribution is -2.01. The van der Waals surface area contributed by atoms with E-state index in [4.69, 9.17) is 9.26 Å². The van der Waals surface area contributed by atoms with E-state index in [1.165, 1.54) is 6.26 Å². The van der Waals surface area contributed by atoms with Crippen LogP contribution in [0.4, 0.5) is 0 Å². The van der Waals surface area contributed by atoms with Gasteiger partial charge >= 0.3 is 0 Å². The van der Waals surface area contributed by atoms with E-state index in [1.807, 2.05) is 18.2 Å². The standard InChI is InChI=1S/C17H13NO3/c19-17(13-4-2-1-3-5-13)14-6-8-16(9-7-14)20-12-15-10-11-21-18-15/h1-11H,12H2. The van der Waals surface area contributed by atoms with Crippen LogP contribution in [0.3, 0.4) is 0 Å². The largest absolute Gasteiger partial charge is 0.487 e. The Morgan fingerprint density at radius 3 is 2.33 bits per heavy atom. The van der Waals surface area contributed by atoms with Gasteiger partial charge < -0.3 is 9.26 Å². The van der Waals surface area contributed by atoms with Gasteiger partial charge in [-0.1, -0.05) is 35.5 Å². The molecule has 0 amide bonds. The summed E-state index contributed by atoms with van der Waals surface area (Å²) < 4.78 is 10.3. The van der Waals surface area contributed by atoms with Gasteiger partial charge in [-0.2, -0.15) is 0 Å². The highest BCUT2D eigenvalue weighted by atomic mass is 16.5. The average molecular weight is 279 g/mol. The summed E-state index contributed by atoms with van der Waals surface area (Å²) in [6.07, 6.45) is 1.50. The summed E-state index contributed by atoms with van der Waals surface area (Å²) in [7, 11) is 0. The van der Waals surface area contributed by atoms with Gasteiger partial charge in [-0.25, -0.2) is 0 Å². The molecule has 0 fully saturated rings. The van der Waals surface area contributed by atoms with Crippen molar-refractivity contribution in [2.75, 3.05) is 0 Å². The van der Waals surface area contributed by atoms with E-state index in [0.29, 0.717) is 23.5 Å². The smallest absolute Gasteiger partial charge is 0.193 e. The molecule has 0 atom stereocenters. The first-order valence-corrected chi connectivity index (χ1v) is 6.55. The van der Waals surface area contributed by atoms with Crippen LogP contribution >= 0.6 is 0 Å². The first kappa shape index (κ1) is 13.1. The highest BCUT2D eigenvalue weighted by Gasteiger charge is 2.08. The molecule has 0 aliphatic carbocycles. The summed E-state index contributed by atoms with van der Waals surface area (Å²) in [5, 5.41) is 3.76. The van der Waals surface area contributed by atoms with E-state index in [9.17, 15) is 4.79 Å². The van der Waals surface area contributed by atoms with Crippen molar-refractivity contribution in [2.45, 2.75) is 6.61 Å². The first-order chi connectivity index (χ1) is 10.3. The van der Waals surface area contributed by atoms with Gasteiger partial charge in [-0.05, 0) is 24.3 Å². The molecular formula is C17H13NO3. The van der Waals surface area contributed by atoms with E-state index < -0.39 is 0 Å². The molecule has 0 aliphatic rings. The van der Waals surface area contributed by atoms with Gasteiger partial charge in [0.2, 0.25) is 0 Å².